The van der Waals surface area contributed by atoms with Crippen LogP contribution in [0.2, 0.25) is 0 Å². The second-order valence-electron chi connectivity index (χ2n) is 3.28. The van der Waals surface area contributed by atoms with Crippen molar-refractivity contribution in [3.8, 4) is 5.75 Å². The first-order valence-electron chi connectivity index (χ1n) is 4.45. The summed E-state index contributed by atoms with van der Waals surface area (Å²) >= 11 is -2.28. The van der Waals surface area contributed by atoms with Crippen LogP contribution in [0.1, 0.15) is 5.56 Å². The minimum absolute atomic E-state index is 0.437. The molecule has 0 radical (unpaired) electrons. The molecule has 3 nitrogen and oxygen atoms in total. The molecule has 2 rings (SSSR count). The highest BCUT2D eigenvalue weighted by Gasteiger charge is 2.05. The van der Waals surface area contributed by atoms with Crippen molar-refractivity contribution in [2.75, 3.05) is 0 Å². The van der Waals surface area contributed by atoms with Crippen molar-refractivity contribution >= 4 is 22.1 Å². The van der Waals surface area contributed by atoms with Crippen molar-refractivity contribution in [3.63, 3.8) is 0 Å². The molecule has 0 aromatic heterocycles. The van der Waals surface area contributed by atoms with E-state index in [0.717, 1.165) is 16.3 Å². The van der Waals surface area contributed by atoms with Gasteiger partial charge in [0.15, 0.2) is 5.75 Å². The Bertz CT molecular complexity index is 522. The molecule has 1 atom stereocenters. The number of fused-ring (bicyclic) bond motifs is 1. The molecule has 0 fully saturated rings. The van der Waals surface area contributed by atoms with E-state index in [-0.39, 0.29) is 0 Å². The smallest absolute Gasteiger partial charge is 0.357 e. The molecule has 0 aliphatic carbocycles. The third kappa shape index (κ3) is 2.16. The first-order chi connectivity index (χ1) is 7.16. The summed E-state index contributed by atoms with van der Waals surface area (Å²) in [6, 6.07) is 11.3. The molecule has 0 heterocycles. The first-order valence-corrected chi connectivity index (χ1v) is 5.48. The summed E-state index contributed by atoms with van der Waals surface area (Å²) in [7, 11) is 0. The van der Waals surface area contributed by atoms with E-state index in [2.05, 4.69) is 0 Å². The molecule has 2 aromatic carbocycles. The number of benzene rings is 2. The third-order valence-electron chi connectivity index (χ3n) is 2.13. The third-order valence-corrected chi connectivity index (χ3v) is 2.45. The molecule has 0 aliphatic rings. The Hall–Kier alpha value is -1.39. The van der Waals surface area contributed by atoms with Gasteiger partial charge in [-0.25, -0.2) is 0 Å². The largest absolute Gasteiger partial charge is 0.379 e. The predicted molar refractivity (Wildman–Crippen MR) is 60.1 cm³/mol. The zero-order chi connectivity index (χ0) is 10.8. The lowest BCUT2D eigenvalue weighted by Gasteiger charge is -2.06. The molecule has 0 amide bonds. The van der Waals surface area contributed by atoms with Gasteiger partial charge >= 0.3 is 11.4 Å². The summed E-state index contributed by atoms with van der Waals surface area (Å²) in [5.74, 6) is 0.437. The second-order valence-corrected chi connectivity index (χ2v) is 3.89. The Morgan fingerprint density at radius 3 is 2.73 bits per heavy atom. The summed E-state index contributed by atoms with van der Waals surface area (Å²) in [5.41, 5.74) is 0.995. The molecule has 2 aromatic rings. The van der Waals surface area contributed by atoms with Crippen LogP contribution in [0.25, 0.3) is 10.8 Å². The molecule has 0 aliphatic heterocycles. The van der Waals surface area contributed by atoms with Gasteiger partial charge in [-0.3, -0.25) is 4.55 Å². The average Bonchev–Trinajstić information content (AvgIpc) is 2.16. The zero-order valence-corrected chi connectivity index (χ0v) is 8.95. The van der Waals surface area contributed by atoms with Crippen LogP contribution in [0.15, 0.2) is 36.4 Å². The number of aryl methyl sites for hydroxylation is 1. The molecule has 0 spiro atoms. The highest BCUT2D eigenvalue weighted by atomic mass is 32.2. The fraction of sp³-hybridized carbons (Fsp3) is 0.0909. The highest BCUT2D eigenvalue weighted by Crippen LogP contribution is 2.27. The lowest BCUT2D eigenvalue weighted by molar-refractivity contribution is 0.460. The number of rotatable bonds is 2. The summed E-state index contributed by atoms with van der Waals surface area (Å²) in [6.07, 6.45) is 0. The molecule has 78 valence electrons. The molecule has 0 saturated heterocycles. The van der Waals surface area contributed by atoms with E-state index in [4.69, 9.17) is 8.74 Å². The Labute approximate surface area is 90.2 Å². The van der Waals surface area contributed by atoms with Gasteiger partial charge in [0.25, 0.3) is 0 Å². The molecular weight excluding hydrogens is 212 g/mol. The predicted octanol–water partition coefficient (Wildman–Crippen LogP) is 2.66. The highest BCUT2D eigenvalue weighted by molar-refractivity contribution is 7.74. The van der Waals surface area contributed by atoms with Crippen molar-refractivity contribution in [3.05, 3.63) is 42.0 Å². The maximum Gasteiger partial charge on any atom is 0.357 e. The fourth-order valence-corrected chi connectivity index (χ4v) is 1.86. The van der Waals surface area contributed by atoms with Crippen molar-refractivity contribution in [1.29, 1.82) is 0 Å². The monoisotopic (exact) mass is 222 g/mol. The van der Waals surface area contributed by atoms with Crippen LogP contribution in [0.4, 0.5) is 0 Å². The number of hydrogen-bond donors (Lipinski definition) is 1. The van der Waals surface area contributed by atoms with E-state index in [1.54, 1.807) is 6.07 Å². The van der Waals surface area contributed by atoms with Crippen molar-refractivity contribution < 1.29 is 12.9 Å². The van der Waals surface area contributed by atoms with E-state index < -0.39 is 11.4 Å². The Kier molecular flexibility index (Phi) is 2.70. The van der Waals surface area contributed by atoms with Crippen LogP contribution in [0, 0.1) is 6.92 Å². The molecule has 0 bridgehead atoms. The molecule has 0 saturated carbocycles. The van der Waals surface area contributed by atoms with Gasteiger partial charge in [0.1, 0.15) is 0 Å². The van der Waals surface area contributed by atoms with Crippen molar-refractivity contribution in [2.24, 2.45) is 0 Å². The standard InChI is InChI=1S/C11H10O3S/c1-8-6-9-4-2-3-5-10(9)11(7-8)14-15(12)13/h2-7H,1H3,(H,12,13). The molecule has 1 unspecified atom stereocenters. The summed E-state index contributed by atoms with van der Waals surface area (Å²) < 4.78 is 24.2. The van der Waals surface area contributed by atoms with Crippen LogP contribution in [0.5, 0.6) is 5.75 Å². The van der Waals surface area contributed by atoms with Gasteiger partial charge in [-0.15, -0.1) is 0 Å². The van der Waals surface area contributed by atoms with Gasteiger partial charge in [-0.2, -0.15) is 4.21 Å². The molecular formula is C11H10O3S. The van der Waals surface area contributed by atoms with Gasteiger partial charge in [-0.05, 0) is 23.9 Å². The maximum atomic E-state index is 10.6. The lowest BCUT2D eigenvalue weighted by Crippen LogP contribution is -1.98. The van der Waals surface area contributed by atoms with E-state index in [1.165, 1.54) is 0 Å². The molecule has 15 heavy (non-hydrogen) atoms. The lowest BCUT2D eigenvalue weighted by atomic mass is 10.1. The van der Waals surface area contributed by atoms with Gasteiger partial charge in [0.2, 0.25) is 0 Å². The van der Waals surface area contributed by atoms with E-state index in [1.807, 2.05) is 37.3 Å². The van der Waals surface area contributed by atoms with Gasteiger partial charge in [-0.1, -0.05) is 30.3 Å². The topological polar surface area (TPSA) is 46.5 Å². The average molecular weight is 222 g/mol. The Balaban J connectivity index is 2.65. The summed E-state index contributed by atoms with van der Waals surface area (Å²) in [5, 5.41) is 1.84. The van der Waals surface area contributed by atoms with Crippen LogP contribution in [-0.4, -0.2) is 8.76 Å². The van der Waals surface area contributed by atoms with Gasteiger partial charge in [0.05, 0.1) is 0 Å². The summed E-state index contributed by atoms with van der Waals surface area (Å²) in [6.45, 7) is 1.92. The Morgan fingerprint density at radius 2 is 2.00 bits per heavy atom. The van der Waals surface area contributed by atoms with Gasteiger partial charge < -0.3 is 4.18 Å². The van der Waals surface area contributed by atoms with E-state index in [0.29, 0.717) is 5.75 Å². The minimum atomic E-state index is -2.28. The molecule has 1 N–H and O–H groups in total. The van der Waals surface area contributed by atoms with E-state index in [9.17, 15) is 4.21 Å². The van der Waals surface area contributed by atoms with Crippen molar-refractivity contribution in [2.45, 2.75) is 6.92 Å². The number of hydrogen-bond acceptors (Lipinski definition) is 2. The normalized spacial score (nSPS) is 12.7. The first kappa shape index (κ1) is 10.1. The minimum Gasteiger partial charge on any atom is -0.379 e. The van der Waals surface area contributed by atoms with Crippen LogP contribution >= 0.6 is 0 Å². The molecule has 4 heteroatoms. The van der Waals surface area contributed by atoms with Crippen LogP contribution in [0.3, 0.4) is 0 Å². The Morgan fingerprint density at radius 1 is 1.27 bits per heavy atom. The fourth-order valence-electron chi connectivity index (χ4n) is 1.56. The zero-order valence-electron chi connectivity index (χ0n) is 8.14. The van der Waals surface area contributed by atoms with Gasteiger partial charge in [0, 0.05) is 5.39 Å². The quantitative estimate of drug-likeness (QED) is 0.794. The van der Waals surface area contributed by atoms with E-state index >= 15 is 0 Å². The maximum absolute atomic E-state index is 10.6. The second kappa shape index (κ2) is 4.00. The summed E-state index contributed by atoms with van der Waals surface area (Å²) in [4.78, 5) is 0. The van der Waals surface area contributed by atoms with Crippen molar-refractivity contribution in [1.82, 2.24) is 0 Å². The van der Waals surface area contributed by atoms with Crippen LogP contribution < -0.4 is 4.18 Å². The van der Waals surface area contributed by atoms with Crippen LogP contribution in [-0.2, 0) is 11.4 Å². The SMILES string of the molecule is Cc1cc(OS(=O)O)c2ccccc2c1.